The van der Waals surface area contributed by atoms with E-state index >= 15 is 0 Å². The van der Waals surface area contributed by atoms with Crippen molar-refractivity contribution in [2.24, 2.45) is 5.73 Å². The molecular weight excluding hydrogens is 148 g/mol. The normalized spacial score (nSPS) is 9.42. The van der Waals surface area contributed by atoms with Gasteiger partial charge in [-0.3, -0.25) is 0 Å². The van der Waals surface area contributed by atoms with E-state index in [1.807, 2.05) is 25.1 Å². The Morgan fingerprint density at radius 1 is 1.50 bits per heavy atom. The van der Waals surface area contributed by atoms with Gasteiger partial charge in [0.1, 0.15) is 0 Å². The van der Waals surface area contributed by atoms with Crippen LogP contribution in [0.5, 0.6) is 0 Å². The SMILES string of the molecule is CCc1cc(CN)ccc1C#N. The molecule has 0 unspecified atom stereocenters. The highest BCUT2D eigenvalue weighted by Gasteiger charge is 1.99. The summed E-state index contributed by atoms with van der Waals surface area (Å²) in [6.45, 7) is 2.58. The second-order valence-corrected chi connectivity index (χ2v) is 2.66. The number of nitrogens with two attached hydrogens (primary N) is 1. The summed E-state index contributed by atoms with van der Waals surface area (Å²) in [7, 11) is 0. The van der Waals surface area contributed by atoms with E-state index in [9.17, 15) is 0 Å². The minimum Gasteiger partial charge on any atom is -0.326 e. The molecule has 12 heavy (non-hydrogen) atoms. The highest BCUT2D eigenvalue weighted by molar-refractivity contribution is 5.40. The van der Waals surface area contributed by atoms with E-state index in [0.29, 0.717) is 6.54 Å². The molecule has 0 aliphatic heterocycles. The lowest BCUT2D eigenvalue weighted by molar-refractivity contribution is 1.04. The third-order valence-electron chi connectivity index (χ3n) is 1.91. The maximum atomic E-state index is 8.73. The average Bonchev–Trinajstić information content (AvgIpc) is 2.16. The van der Waals surface area contributed by atoms with Crippen molar-refractivity contribution in [1.29, 1.82) is 5.26 Å². The summed E-state index contributed by atoms with van der Waals surface area (Å²) in [5.41, 5.74) is 8.41. The summed E-state index contributed by atoms with van der Waals surface area (Å²) in [6, 6.07) is 7.89. The van der Waals surface area contributed by atoms with Gasteiger partial charge >= 0.3 is 0 Å². The first-order valence-electron chi connectivity index (χ1n) is 4.03. The molecule has 0 atom stereocenters. The first-order chi connectivity index (χ1) is 5.81. The van der Waals surface area contributed by atoms with Crippen molar-refractivity contribution < 1.29 is 0 Å². The van der Waals surface area contributed by atoms with E-state index in [2.05, 4.69) is 6.07 Å². The number of benzene rings is 1. The maximum absolute atomic E-state index is 8.73. The summed E-state index contributed by atoms with van der Waals surface area (Å²) in [4.78, 5) is 0. The van der Waals surface area contributed by atoms with Gasteiger partial charge in [-0.2, -0.15) is 5.26 Å². The minimum atomic E-state index is 0.540. The fourth-order valence-corrected chi connectivity index (χ4v) is 1.18. The van der Waals surface area contributed by atoms with E-state index in [4.69, 9.17) is 11.0 Å². The van der Waals surface area contributed by atoms with E-state index in [1.165, 1.54) is 0 Å². The van der Waals surface area contributed by atoms with Crippen LogP contribution >= 0.6 is 0 Å². The van der Waals surface area contributed by atoms with Gasteiger partial charge in [0.05, 0.1) is 11.6 Å². The molecule has 0 saturated heterocycles. The van der Waals surface area contributed by atoms with Crippen molar-refractivity contribution in [3.63, 3.8) is 0 Å². The van der Waals surface area contributed by atoms with Crippen molar-refractivity contribution in [2.75, 3.05) is 0 Å². The van der Waals surface area contributed by atoms with Crippen LogP contribution in [-0.2, 0) is 13.0 Å². The lowest BCUT2D eigenvalue weighted by Crippen LogP contribution is -1.98. The van der Waals surface area contributed by atoms with Crippen molar-refractivity contribution >= 4 is 0 Å². The second-order valence-electron chi connectivity index (χ2n) is 2.66. The zero-order valence-electron chi connectivity index (χ0n) is 7.17. The molecular formula is C10H12N2. The lowest BCUT2D eigenvalue weighted by Gasteiger charge is -2.02. The number of hydrogen-bond acceptors (Lipinski definition) is 2. The highest BCUT2D eigenvalue weighted by atomic mass is 14.5. The number of hydrogen-bond donors (Lipinski definition) is 1. The number of rotatable bonds is 2. The van der Waals surface area contributed by atoms with Crippen LogP contribution in [0.2, 0.25) is 0 Å². The van der Waals surface area contributed by atoms with E-state index in [0.717, 1.165) is 23.1 Å². The van der Waals surface area contributed by atoms with Crippen LogP contribution < -0.4 is 5.73 Å². The Bertz CT molecular complexity index is 310. The summed E-state index contributed by atoms with van der Waals surface area (Å²) >= 11 is 0. The number of nitrogens with zero attached hydrogens (tertiary/aromatic N) is 1. The molecule has 1 aromatic carbocycles. The van der Waals surface area contributed by atoms with Gasteiger partial charge in [0.2, 0.25) is 0 Å². The summed E-state index contributed by atoms with van der Waals surface area (Å²) in [5.74, 6) is 0. The number of nitriles is 1. The topological polar surface area (TPSA) is 49.8 Å². The van der Waals surface area contributed by atoms with Crippen LogP contribution in [0.4, 0.5) is 0 Å². The van der Waals surface area contributed by atoms with Crippen LogP contribution in [0.1, 0.15) is 23.6 Å². The van der Waals surface area contributed by atoms with Crippen LogP contribution in [0, 0.1) is 11.3 Å². The lowest BCUT2D eigenvalue weighted by atomic mass is 10.0. The Hall–Kier alpha value is -1.33. The zero-order chi connectivity index (χ0) is 8.97. The Morgan fingerprint density at radius 3 is 2.75 bits per heavy atom. The van der Waals surface area contributed by atoms with Crippen molar-refractivity contribution in [2.45, 2.75) is 19.9 Å². The average molecular weight is 160 g/mol. The van der Waals surface area contributed by atoms with Crippen molar-refractivity contribution in [1.82, 2.24) is 0 Å². The van der Waals surface area contributed by atoms with Crippen molar-refractivity contribution in [3.8, 4) is 6.07 Å². The molecule has 0 heterocycles. The third-order valence-corrected chi connectivity index (χ3v) is 1.91. The molecule has 0 fully saturated rings. The van der Waals surface area contributed by atoms with Gasteiger partial charge in [-0.15, -0.1) is 0 Å². The predicted octanol–water partition coefficient (Wildman–Crippen LogP) is 1.58. The fraction of sp³-hybridized carbons (Fsp3) is 0.300. The molecule has 2 heteroatoms. The van der Waals surface area contributed by atoms with Gasteiger partial charge in [-0.25, -0.2) is 0 Å². The van der Waals surface area contributed by atoms with Crippen LogP contribution in [0.25, 0.3) is 0 Å². The molecule has 0 radical (unpaired) electrons. The second kappa shape index (κ2) is 3.89. The third kappa shape index (κ3) is 1.63. The first kappa shape index (κ1) is 8.76. The molecule has 0 saturated carbocycles. The Balaban J connectivity index is 3.13. The fourth-order valence-electron chi connectivity index (χ4n) is 1.18. The molecule has 62 valence electrons. The standard InChI is InChI=1S/C10H12N2/c1-2-9-5-8(6-11)3-4-10(9)7-12/h3-5H,2,6,11H2,1H3. The van der Waals surface area contributed by atoms with Gasteiger partial charge in [0, 0.05) is 6.54 Å². The van der Waals surface area contributed by atoms with Crippen molar-refractivity contribution in [3.05, 3.63) is 34.9 Å². The molecule has 0 aliphatic rings. The molecule has 0 amide bonds. The first-order valence-corrected chi connectivity index (χ1v) is 4.03. The van der Waals surface area contributed by atoms with Gasteiger partial charge in [-0.1, -0.05) is 19.1 Å². The van der Waals surface area contributed by atoms with Gasteiger partial charge in [0.15, 0.2) is 0 Å². The highest BCUT2D eigenvalue weighted by Crippen LogP contribution is 2.11. The molecule has 0 bridgehead atoms. The van der Waals surface area contributed by atoms with Crippen LogP contribution in [-0.4, -0.2) is 0 Å². The van der Waals surface area contributed by atoms with E-state index in [1.54, 1.807) is 0 Å². The van der Waals surface area contributed by atoms with E-state index in [-0.39, 0.29) is 0 Å². The zero-order valence-corrected chi connectivity index (χ0v) is 7.17. The van der Waals surface area contributed by atoms with Crippen LogP contribution in [0.15, 0.2) is 18.2 Å². The monoisotopic (exact) mass is 160 g/mol. The smallest absolute Gasteiger partial charge is 0.0994 e. The quantitative estimate of drug-likeness (QED) is 0.714. The molecule has 0 aliphatic carbocycles. The largest absolute Gasteiger partial charge is 0.326 e. The summed E-state index contributed by atoms with van der Waals surface area (Å²) in [6.07, 6.45) is 0.886. The molecule has 2 N–H and O–H groups in total. The Morgan fingerprint density at radius 2 is 2.25 bits per heavy atom. The van der Waals surface area contributed by atoms with Gasteiger partial charge in [-0.05, 0) is 23.6 Å². The number of aryl methyl sites for hydroxylation is 1. The molecule has 0 spiro atoms. The molecule has 1 aromatic rings. The maximum Gasteiger partial charge on any atom is 0.0994 e. The molecule has 0 aromatic heterocycles. The predicted molar refractivity (Wildman–Crippen MR) is 48.4 cm³/mol. The van der Waals surface area contributed by atoms with Gasteiger partial charge < -0.3 is 5.73 Å². The molecule has 2 nitrogen and oxygen atoms in total. The van der Waals surface area contributed by atoms with Crippen LogP contribution in [0.3, 0.4) is 0 Å². The summed E-state index contributed by atoms with van der Waals surface area (Å²) < 4.78 is 0. The summed E-state index contributed by atoms with van der Waals surface area (Å²) in [5, 5.41) is 8.73. The Kier molecular flexibility index (Phi) is 2.84. The van der Waals surface area contributed by atoms with E-state index < -0.39 is 0 Å². The Labute approximate surface area is 72.6 Å². The van der Waals surface area contributed by atoms with Gasteiger partial charge in [0.25, 0.3) is 0 Å². The molecule has 1 rings (SSSR count). The minimum absolute atomic E-state index is 0.540.